The van der Waals surface area contributed by atoms with E-state index in [0.29, 0.717) is 29.2 Å². The summed E-state index contributed by atoms with van der Waals surface area (Å²) in [5.41, 5.74) is 0.679. The van der Waals surface area contributed by atoms with Crippen LogP contribution in [0.1, 0.15) is 29.6 Å². The van der Waals surface area contributed by atoms with Crippen molar-refractivity contribution >= 4 is 5.91 Å². The highest BCUT2D eigenvalue weighted by Gasteiger charge is 2.32. The molecule has 3 aliphatic heterocycles. The Morgan fingerprint density at radius 3 is 2.67 bits per heavy atom. The Morgan fingerprint density at radius 2 is 1.92 bits per heavy atom. The van der Waals surface area contributed by atoms with Crippen molar-refractivity contribution in [2.24, 2.45) is 0 Å². The van der Waals surface area contributed by atoms with Crippen molar-refractivity contribution in [3.05, 3.63) is 23.8 Å². The van der Waals surface area contributed by atoms with Gasteiger partial charge in [-0.25, -0.2) is 0 Å². The summed E-state index contributed by atoms with van der Waals surface area (Å²) in [6, 6.07) is 6.01. The number of amides is 1. The monoisotopic (exact) mass is 332 g/mol. The molecule has 3 heterocycles. The SMILES string of the molecule is COC1CCN(C2CCN(C(=O)c3ccc4c(c3)OCO4)CC2)C1. The van der Waals surface area contributed by atoms with Crippen LogP contribution in [0.5, 0.6) is 11.5 Å². The highest BCUT2D eigenvalue weighted by Crippen LogP contribution is 2.33. The highest BCUT2D eigenvalue weighted by atomic mass is 16.7. The molecular formula is C18H24N2O4. The molecular weight excluding hydrogens is 308 g/mol. The first-order valence-electron chi connectivity index (χ1n) is 8.70. The number of hydrogen-bond acceptors (Lipinski definition) is 5. The van der Waals surface area contributed by atoms with Crippen molar-refractivity contribution in [1.82, 2.24) is 9.80 Å². The molecule has 1 atom stereocenters. The van der Waals surface area contributed by atoms with Gasteiger partial charge in [0.1, 0.15) is 0 Å². The van der Waals surface area contributed by atoms with Crippen LogP contribution < -0.4 is 9.47 Å². The number of ether oxygens (including phenoxy) is 3. The number of carbonyl (C=O) groups excluding carboxylic acids is 1. The van der Waals surface area contributed by atoms with Gasteiger partial charge in [0.15, 0.2) is 11.5 Å². The minimum atomic E-state index is 0.0861. The van der Waals surface area contributed by atoms with Gasteiger partial charge in [0.05, 0.1) is 6.10 Å². The first-order valence-corrected chi connectivity index (χ1v) is 8.70. The van der Waals surface area contributed by atoms with Crippen molar-refractivity contribution in [1.29, 1.82) is 0 Å². The minimum absolute atomic E-state index is 0.0861. The third-order valence-electron chi connectivity index (χ3n) is 5.40. The second-order valence-electron chi connectivity index (χ2n) is 6.73. The van der Waals surface area contributed by atoms with E-state index in [4.69, 9.17) is 14.2 Å². The lowest BCUT2D eigenvalue weighted by molar-refractivity contribution is 0.0603. The summed E-state index contributed by atoms with van der Waals surface area (Å²) >= 11 is 0. The van der Waals surface area contributed by atoms with Crippen LogP contribution in [0.2, 0.25) is 0 Å². The molecule has 0 N–H and O–H groups in total. The van der Waals surface area contributed by atoms with Gasteiger partial charge in [-0.1, -0.05) is 0 Å². The molecule has 1 unspecified atom stereocenters. The normalized spacial score (nSPS) is 24.5. The number of nitrogens with zero attached hydrogens (tertiary/aromatic N) is 2. The van der Waals surface area contributed by atoms with Crippen molar-refractivity contribution in [2.45, 2.75) is 31.4 Å². The second-order valence-corrected chi connectivity index (χ2v) is 6.73. The van der Waals surface area contributed by atoms with Crippen molar-refractivity contribution in [3.63, 3.8) is 0 Å². The van der Waals surface area contributed by atoms with E-state index in [1.807, 2.05) is 17.0 Å². The van der Waals surface area contributed by atoms with Gasteiger partial charge in [0, 0.05) is 44.9 Å². The minimum Gasteiger partial charge on any atom is -0.454 e. The molecule has 1 aromatic carbocycles. The Balaban J connectivity index is 1.35. The molecule has 2 saturated heterocycles. The van der Waals surface area contributed by atoms with Crippen molar-refractivity contribution in [2.75, 3.05) is 40.1 Å². The number of benzene rings is 1. The lowest BCUT2D eigenvalue weighted by Crippen LogP contribution is -2.46. The van der Waals surface area contributed by atoms with Crippen LogP contribution in [0, 0.1) is 0 Å². The molecule has 130 valence electrons. The molecule has 6 heteroatoms. The third kappa shape index (κ3) is 2.96. The number of rotatable bonds is 3. The average molecular weight is 332 g/mol. The van der Waals surface area contributed by atoms with Crippen molar-refractivity contribution in [3.8, 4) is 11.5 Å². The Bertz CT molecular complexity index is 613. The van der Waals surface area contributed by atoms with Gasteiger partial charge in [-0.15, -0.1) is 0 Å². The van der Waals surface area contributed by atoms with E-state index in [9.17, 15) is 4.79 Å². The predicted octanol–water partition coefficient (Wildman–Crippen LogP) is 1.74. The summed E-state index contributed by atoms with van der Waals surface area (Å²) in [4.78, 5) is 17.2. The molecule has 0 saturated carbocycles. The van der Waals surface area contributed by atoms with Gasteiger partial charge in [0.2, 0.25) is 6.79 Å². The fourth-order valence-electron chi connectivity index (χ4n) is 3.92. The summed E-state index contributed by atoms with van der Waals surface area (Å²) in [5, 5.41) is 0. The zero-order valence-corrected chi connectivity index (χ0v) is 14.1. The lowest BCUT2D eigenvalue weighted by Gasteiger charge is -2.36. The molecule has 6 nitrogen and oxygen atoms in total. The lowest BCUT2D eigenvalue weighted by atomic mass is 10.0. The van der Waals surface area contributed by atoms with E-state index in [-0.39, 0.29) is 12.7 Å². The molecule has 1 amide bonds. The van der Waals surface area contributed by atoms with E-state index in [0.717, 1.165) is 45.4 Å². The molecule has 0 aromatic heterocycles. The molecule has 0 radical (unpaired) electrons. The summed E-state index contributed by atoms with van der Waals surface area (Å²) in [5.74, 6) is 1.47. The smallest absolute Gasteiger partial charge is 0.253 e. The Kier molecular flexibility index (Phi) is 4.33. The summed E-state index contributed by atoms with van der Waals surface area (Å²) in [6.45, 7) is 3.99. The molecule has 1 aromatic rings. The number of methoxy groups -OCH3 is 1. The predicted molar refractivity (Wildman–Crippen MR) is 88.5 cm³/mol. The molecule has 4 rings (SSSR count). The van der Waals surface area contributed by atoms with Crippen LogP contribution in [0.3, 0.4) is 0 Å². The van der Waals surface area contributed by atoms with Crippen LogP contribution in [0.4, 0.5) is 0 Å². The second kappa shape index (κ2) is 6.61. The van der Waals surface area contributed by atoms with Crippen LogP contribution in [-0.4, -0.2) is 67.9 Å². The highest BCUT2D eigenvalue weighted by molar-refractivity contribution is 5.95. The zero-order chi connectivity index (χ0) is 16.5. The van der Waals surface area contributed by atoms with Gasteiger partial charge in [-0.2, -0.15) is 0 Å². The van der Waals surface area contributed by atoms with Crippen LogP contribution >= 0.6 is 0 Å². The maximum Gasteiger partial charge on any atom is 0.253 e. The molecule has 3 aliphatic rings. The first kappa shape index (κ1) is 15.7. The van der Waals surface area contributed by atoms with Gasteiger partial charge in [0.25, 0.3) is 5.91 Å². The summed E-state index contributed by atoms with van der Waals surface area (Å²) < 4.78 is 16.1. The number of fused-ring (bicyclic) bond motifs is 1. The largest absolute Gasteiger partial charge is 0.454 e. The van der Waals surface area contributed by atoms with Crippen molar-refractivity contribution < 1.29 is 19.0 Å². The number of likely N-dealkylation sites (tertiary alicyclic amines) is 2. The van der Waals surface area contributed by atoms with E-state index in [1.165, 1.54) is 0 Å². The first-order chi connectivity index (χ1) is 11.7. The van der Waals surface area contributed by atoms with E-state index in [2.05, 4.69) is 4.90 Å². The van der Waals surface area contributed by atoms with Crippen LogP contribution in [0.15, 0.2) is 18.2 Å². The number of piperidine rings is 1. The summed E-state index contributed by atoms with van der Waals surface area (Å²) in [6.07, 6.45) is 3.56. The Labute approximate surface area is 142 Å². The van der Waals surface area contributed by atoms with Crippen LogP contribution in [0.25, 0.3) is 0 Å². The standard InChI is InChI=1S/C18H24N2O4/c1-22-15-6-9-20(11-15)14-4-7-19(8-5-14)18(21)13-2-3-16-17(10-13)24-12-23-16/h2-3,10,14-15H,4-9,11-12H2,1H3. The Morgan fingerprint density at radius 1 is 1.12 bits per heavy atom. The van der Waals surface area contributed by atoms with E-state index >= 15 is 0 Å². The maximum absolute atomic E-state index is 12.7. The van der Waals surface area contributed by atoms with Gasteiger partial charge in [-0.05, 0) is 37.5 Å². The third-order valence-corrected chi connectivity index (χ3v) is 5.40. The molecule has 24 heavy (non-hydrogen) atoms. The quantitative estimate of drug-likeness (QED) is 0.844. The average Bonchev–Trinajstić information content (AvgIpc) is 3.29. The Hall–Kier alpha value is -1.79. The van der Waals surface area contributed by atoms with Gasteiger partial charge < -0.3 is 19.1 Å². The molecule has 0 aliphatic carbocycles. The fourth-order valence-corrected chi connectivity index (χ4v) is 3.92. The number of carbonyl (C=O) groups is 1. The number of hydrogen-bond donors (Lipinski definition) is 0. The fraction of sp³-hybridized carbons (Fsp3) is 0.611. The van der Waals surface area contributed by atoms with E-state index < -0.39 is 0 Å². The van der Waals surface area contributed by atoms with Gasteiger partial charge >= 0.3 is 0 Å². The van der Waals surface area contributed by atoms with Gasteiger partial charge in [-0.3, -0.25) is 9.69 Å². The molecule has 0 bridgehead atoms. The summed E-state index contributed by atoms with van der Waals surface area (Å²) in [7, 11) is 1.79. The molecule has 2 fully saturated rings. The van der Waals surface area contributed by atoms with Crippen LogP contribution in [-0.2, 0) is 4.74 Å². The van der Waals surface area contributed by atoms with E-state index in [1.54, 1.807) is 13.2 Å². The zero-order valence-electron chi connectivity index (χ0n) is 14.1. The maximum atomic E-state index is 12.7. The topological polar surface area (TPSA) is 51.2 Å². The molecule has 0 spiro atoms.